The molecule has 36 heavy (non-hydrogen) atoms. The van der Waals surface area contributed by atoms with Gasteiger partial charge in [0.1, 0.15) is 6.04 Å². The molecule has 2 aromatic rings. The normalized spacial score (nSPS) is 12.1. The van der Waals surface area contributed by atoms with Crippen LogP contribution in [0.25, 0.3) is 0 Å². The van der Waals surface area contributed by atoms with Crippen molar-refractivity contribution in [1.29, 1.82) is 0 Å². The molecule has 0 aromatic heterocycles. The second-order valence-electron chi connectivity index (χ2n) is 9.10. The van der Waals surface area contributed by atoms with E-state index < -0.39 is 16.1 Å². The highest BCUT2D eigenvalue weighted by atomic mass is 32.2. The number of aryl methyl sites for hydroxylation is 1. The zero-order valence-electron chi connectivity index (χ0n) is 22.1. The summed E-state index contributed by atoms with van der Waals surface area (Å²) < 4.78 is 26.3. The van der Waals surface area contributed by atoms with Gasteiger partial charge in [0.15, 0.2) is 0 Å². The highest BCUT2D eigenvalue weighted by Crippen LogP contribution is 2.20. The van der Waals surface area contributed by atoms with Gasteiger partial charge in [-0.25, -0.2) is 8.42 Å². The molecule has 0 aliphatic heterocycles. The van der Waals surface area contributed by atoms with Crippen LogP contribution in [0, 0.1) is 0 Å². The number of anilines is 1. The standard InChI is InChI=1S/C28H41N3O4S/c1-5-7-20-29-28(33)23(3)30(22-19-25-12-9-8-10-13-25)27(32)14-11-21-31(36(4,34)35)26-17-15-24(6-2)16-18-26/h8-10,12-13,15-18,23H,5-7,11,14,19-22H2,1-4H3,(H,29,33). The molecule has 0 radical (unpaired) electrons. The van der Waals surface area contributed by atoms with Gasteiger partial charge in [0.2, 0.25) is 21.8 Å². The Morgan fingerprint density at radius 3 is 2.17 bits per heavy atom. The van der Waals surface area contributed by atoms with Gasteiger partial charge < -0.3 is 10.2 Å². The van der Waals surface area contributed by atoms with Gasteiger partial charge in [0.05, 0.1) is 11.9 Å². The van der Waals surface area contributed by atoms with Gasteiger partial charge >= 0.3 is 0 Å². The maximum absolute atomic E-state index is 13.3. The van der Waals surface area contributed by atoms with Crippen molar-refractivity contribution in [2.45, 2.75) is 65.3 Å². The van der Waals surface area contributed by atoms with Crippen LogP contribution in [0.15, 0.2) is 54.6 Å². The Balaban J connectivity index is 2.08. The molecule has 2 amide bonds. The smallest absolute Gasteiger partial charge is 0.242 e. The molecular weight excluding hydrogens is 474 g/mol. The predicted molar refractivity (Wildman–Crippen MR) is 146 cm³/mol. The lowest BCUT2D eigenvalue weighted by molar-refractivity contribution is -0.139. The summed E-state index contributed by atoms with van der Waals surface area (Å²) in [7, 11) is -3.50. The minimum absolute atomic E-state index is 0.153. The number of nitrogens with zero attached hydrogens (tertiary/aromatic N) is 2. The fourth-order valence-electron chi connectivity index (χ4n) is 4.01. The van der Waals surface area contributed by atoms with Crippen LogP contribution in [-0.4, -0.2) is 57.1 Å². The molecular formula is C28H41N3O4S. The zero-order chi connectivity index (χ0) is 26.6. The molecule has 7 nitrogen and oxygen atoms in total. The lowest BCUT2D eigenvalue weighted by Crippen LogP contribution is -2.49. The second kappa shape index (κ2) is 14.6. The first kappa shape index (κ1) is 29.4. The van der Waals surface area contributed by atoms with E-state index in [1.165, 1.54) is 10.6 Å². The number of hydrogen-bond acceptors (Lipinski definition) is 4. The molecule has 0 fully saturated rings. The van der Waals surface area contributed by atoms with Crippen LogP contribution in [0.1, 0.15) is 57.6 Å². The first-order valence-electron chi connectivity index (χ1n) is 12.8. The van der Waals surface area contributed by atoms with Crippen LogP contribution in [0.4, 0.5) is 5.69 Å². The summed E-state index contributed by atoms with van der Waals surface area (Å²) in [5.41, 5.74) is 2.81. The summed E-state index contributed by atoms with van der Waals surface area (Å²) in [6.07, 6.45) is 5.06. The van der Waals surface area contributed by atoms with Crippen molar-refractivity contribution in [1.82, 2.24) is 10.2 Å². The van der Waals surface area contributed by atoms with E-state index in [1.54, 1.807) is 24.0 Å². The lowest BCUT2D eigenvalue weighted by atomic mass is 10.1. The SMILES string of the molecule is CCCCNC(=O)C(C)N(CCc1ccccc1)C(=O)CCCN(c1ccc(CC)cc1)S(C)(=O)=O. The van der Waals surface area contributed by atoms with Crippen LogP contribution >= 0.6 is 0 Å². The quantitative estimate of drug-likeness (QED) is 0.361. The maximum Gasteiger partial charge on any atom is 0.242 e. The molecule has 0 saturated heterocycles. The van der Waals surface area contributed by atoms with Gasteiger partial charge in [-0.05, 0) is 55.9 Å². The summed E-state index contributed by atoms with van der Waals surface area (Å²) in [4.78, 5) is 27.6. The minimum Gasteiger partial charge on any atom is -0.354 e. The monoisotopic (exact) mass is 515 g/mol. The third kappa shape index (κ3) is 9.30. The Kier molecular flexibility index (Phi) is 11.9. The third-order valence-corrected chi connectivity index (χ3v) is 7.46. The van der Waals surface area contributed by atoms with Gasteiger partial charge in [0.25, 0.3) is 0 Å². The highest BCUT2D eigenvalue weighted by molar-refractivity contribution is 7.92. The molecule has 2 aromatic carbocycles. The Bertz CT molecular complexity index is 1060. The molecule has 0 spiro atoms. The zero-order valence-corrected chi connectivity index (χ0v) is 22.9. The number of unbranched alkanes of at least 4 members (excludes halogenated alkanes) is 1. The van der Waals surface area contributed by atoms with E-state index in [4.69, 9.17) is 0 Å². The molecule has 0 aliphatic carbocycles. The molecule has 1 unspecified atom stereocenters. The number of amides is 2. The van der Waals surface area contributed by atoms with Gasteiger partial charge in [-0.2, -0.15) is 0 Å². The van der Waals surface area contributed by atoms with Crippen LogP contribution in [0.5, 0.6) is 0 Å². The maximum atomic E-state index is 13.3. The summed E-state index contributed by atoms with van der Waals surface area (Å²) in [6.45, 7) is 7.05. The van der Waals surface area contributed by atoms with E-state index in [-0.39, 0.29) is 24.8 Å². The Hall–Kier alpha value is -2.87. The van der Waals surface area contributed by atoms with Gasteiger partial charge in [-0.3, -0.25) is 13.9 Å². The highest BCUT2D eigenvalue weighted by Gasteiger charge is 2.26. The number of rotatable bonds is 15. The van der Waals surface area contributed by atoms with Crippen molar-refractivity contribution in [3.63, 3.8) is 0 Å². The Morgan fingerprint density at radius 1 is 0.917 bits per heavy atom. The molecule has 2 rings (SSSR count). The molecule has 0 heterocycles. The molecule has 1 atom stereocenters. The summed E-state index contributed by atoms with van der Waals surface area (Å²) in [6, 6.07) is 16.7. The van der Waals surface area contributed by atoms with Crippen molar-refractivity contribution < 1.29 is 18.0 Å². The van der Waals surface area contributed by atoms with E-state index in [0.29, 0.717) is 31.6 Å². The number of sulfonamides is 1. The predicted octanol–water partition coefficient (Wildman–Crippen LogP) is 4.17. The molecule has 1 N–H and O–H groups in total. The topological polar surface area (TPSA) is 86.8 Å². The summed E-state index contributed by atoms with van der Waals surface area (Å²) in [5, 5.41) is 2.92. The molecule has 8 heteroatoms. The van der Waals surface area contributed by atoms with Crippen molar-refractivity contribution in [3.8, 4) is 0 Å². The summed E-state index contributed by atoms with van der Waals surface area (Å²) >= 11 is 0. The van der Waals surface area contributed by atoms with Gasteiger partial charge in [-0.1, -0.05) is 62.7 Å². The van der Waals surface area contributed by atoms with E-state index in [1.807, 2.05) is 49.4 Å². The van der Waals surface area contributed by atoms with Crippen LogP contribution in [-0.2, 0) is 32.5 Å². The van der Waals surface area contributed by atoms with Crippen molar-refractivity contribution in [3.05, 3.63) is 65.7 Å². The van der Waals surface area contributed by atoms with Crippen LogP contribution < -0.4 is 9.62 Å². The van der Waals surface area contributed by atoms with Crippen LogP contribution in [0.3, 0.4) is 0 Å². The fraction of sp³-hybridized carbons (Fsp3) is 0.500. The minimum atomic E-state index is -3.50. The fourth-order valence-corrected chi connectivity index (χ4v) is 4.97. The number of hydrogen-bond donors (Lipinski definition) is 1. The number of carbonyl (C=O) groups excluding carboxylic acids is 2. The summed E-state index contributed by atoms with van der Waals surface area (Å²) in [5.74, 6) is -0.322. The molecule has 0 saturated carbocycles. The van der Waals surface area contributed by atoms with Crippen molar-refractivity contribution in [2.24, 2.45) is 0 Å². The molecule has 0 bridgehead atoms. The number of benzene rings is 2. The van der Waals surface area contributed by atoms with Crippen molar-refractivity contribution >= 4 is 27.5 Å². The molecule has 198 valence electrons. The average Bonchev–Trinajstić information content (AvgIpc) is 2.86. The van der Waals surface area contributed by atoms with Crippen LogP contribution in [0.2, 0.25) is 0 Å². The lowest BCUT2D eigenvalue weighted by Gasteiger charge is -2.29. The first-order valence-corrected chi connectivity index (χ1v) is 14.7. The van der Waals surface area contributed by atoms with E-state index in [9.17, 15) is 18.0 Å². The van der Waals surface area contributed by atoms with E-state index in [0.717, 1.165) is 30.4 Å². The van der Waals surface area contributed by atoms with E-state index >= 15 is 0 Å². The first-order chi connectivity index (χ1) is 17.2. The largest absolute Gasteiger partial charge is 0.354 e. The second-order valence-corrected chi connectivity index (χ2v) is 11.0. The third-order valence-electron chi connectivity index (χ3n) is 6.27. The van der Waals surface area contributed by atoms with Gasteiger partial charge in [-0.15, -0.1) is 0 Å². The number of carbonyl (C=O) groups is 2. The van der Waals surface area contributed by atoms with Gasteiger partial charge in [0, 0.05) is 26.1 Å². The Labute approximate surface area is 216 Å². The average molecular weight is 516 g/mol. The molecule has 0 aliphatic rings. The van der Waals surface area contributed by atoms with E-state index in [2.05, 4.69) is 12.2 Å². The number of nitrogens with one attached hydrogen (secondary N) is 1. The Morgan fingerprint density at radius 2 is 1.58 bits per heavy atom. The van der Waals surface area contributed by atoms with Crippen molar-refractivity contribution in [2.75, 3.05) is 30.2 Å².